The zero-order chi connectivity index (χ0) is 28.3. The molecule has 0 saturated carbocycles. The van der Waals surface area contributed by atoms with Crippen molar-refractivity contribution in [3.63, 3.8) is 0 Å². The average Bonchev–Trinajstić information content (AvgIpc) is 3.47. The maximum absolute atomic E-state index is 14.7. The molecule has 41 heavy (non-hydrogen) atoms. The van der Waals surface area contributed by atoms with E-state index in [0.29, 0.717) is 33.8 Å². The van der Waals surface area contributed by atoms with Crippen molar-refractivity contribution in [1.29, 1.82) is 0 Å². The summed E-state index contributed by atoms with van der Waals surface area (Å²) in [5.74, 6) is -0.383. The molecule has 1 saturated heterocycles. The van der Waals surface area contributed by atoms with Crippen LogP contribution in [0.4, 0.5) is 0 Å². The zero-order valence-corrected chi connectivity index (χ0v) is 22.5. The first kappa shape index (κ1) is 25.0. The van der Waals surface area contributed by atoms with Crippen LogP contribution in [0.3, 0.4) is 0 Å². The summed E-state index contributed by atoms with van der Waals surface area (Å²) in [5.41, 5.74) is 1.88. The molecule has 7 rings (SSSR count). The first-order valence-corrected chi connectivity index (χ1v) is 13.4. The minimum absolute atomic E-state index is 0.233. The lowest BCUT2D eigenvalue weighted by Gasteiger charge is -2.36. The van der Waals surface area contributed by atoms with E-state index >= 15 is 0 Å². The molecule has 4 aromatic carbocycles. The summed E-state index contributed by atoms with van der Waals surface area (Å²) in [6, 6.07) is 27.0. The second-order valence-corrected chi connectivity index (χ2v) is 10.5. The molecular formula is C34H26N2O5. The molecule has 3 aliphatic rings. The Morgan fingerprint density at radius 3 is 1.93 bits per heavy atom. The van der Waals surface area contributed by atoms with Gasteiger partial charge in [-0.2, -0.15) is 5.10 Å². The minimum Gasteiger partial charge on any atom is -0.497 e. The number of rotatable bonds is 5. The van der Waals surface area contributed by atoms with Crippen LogP contribution in [0.25, 0.3) is 0 Å². The molecule has 1 fully saturated rings. The number of Topliss-reactive ketones (excluding diaryl/α,β-unsaturated/α-hetero) is 3. The Kier molecular flexibility index (Phi) is 5.64. The van der Waals surface area contributed by atoms with E-state index in [9.17, 15) is 14.4 Å². The van der Waals surface area contributed by atoms with Crippen LogP contribution in [0, 0.1) is 5.41 Å². The molecule has 0 amide bonds. The fraction of sp³-hybridized carbons (Fsp3) is 0.176. The Hall–Kier alpha value is -5.04. The summed E-state index contributed by atoms with van der Waals surface area (Å²) < 4.78 is 10.7. The molecule has 3 atom stereocenters. The number of hydrazone groups is 1. The van der Waals surface area contributed by atoms with Crippen molar-refractivity contribution in [1.82, 2.24) is 5.01 Å². The van der Waals surface area contributed by atoms with Crippen LogP contribution in [0.15, 0.2) is 102 Å². The van der Waals surface area contributed by atoms with Gasteiger partial charge >= 0.3 is 0 Å². The van der Waals surface area contributed by atoms with E-state index in [2.05, 4.69) is 0 Å². The Balaban J connectivity index is 1.52. The highest BCUT2D eigenvalue weighted by Crippen LogP contribution is 2.64. The van der Waals surface area contributed by atoms with Crippen molar-refractivity contribution in [2.24, 2.45) is 10.5 Å². The van der Waals surface area contributed by atoms with Gasteiger partial charge in [0.1, 0.15) is 23.0 Å². The van der Waals surface area contributed by atoms with Gasteiger partial charge in [-0.1, -0.05) is 60.7 Å². The first-order valence-electron chi connectivity index (χ1n) is 13.4. The predicted molar refractivity (Wildman–Crippen MR) is 153 cm³/mol. The fourth-order valence-electron chi connectivity index (χ4n) is 6.89. The van der Waals surface area contributed by atoms with Gasteiger partial charge in [-0.05, 0) is 53.1 Å². The van der Waals surface area contributed by atoms with Gasteiger partial charge < -0.3 is 9.47 Å². The maximum atomic E-state index is 14.7. The summed E-state index contributed by atoms with van der Waals surface area (Å²) in [6.07, 6.45) is 1.71. The van der Waals surface area contributed by atoms with Gasteiger partial charge in [-0.15, -0.1) is 0 Å². The van der Waals surface area contributed by atoms with Crippen LogP contribution < -0.4 is 9.47 Å². The monoisotopic (exact) mass is 542 g/mol. The molecule has 0 unspecified atom stereocenters. The average molecular weight is 543 g/mol. The molecule has 0 radical (unpaired) electrons. The van der Waals surface area contributed by atoms with E-state index in [1.54, 1.807) is 86.1 Å². The zero-order valence-electron chi connectivity index (χ0n) is 22.5. The van der Waals surface area contributed by atoms with Crippen LogP contribution in [0.5, 0.6) is 11.5 Å². The van der Waals surface area contributed by atoms with Gasteiger partial charge in [0, 0.05) is 22.6 Å². The van der Waals surface area contributed by atoms with Crippen LogP contribution in [-0.2, 0) is 0 Å². The van der Waals surface area contributed by atoms with E-state index in [0.717, 1.165) is 11.1 Å². The summed E-state index contributed by atoms with van der Waals surface area (Å²) in [4.78, 5) is 44.0. The van der Waals surface area contributed by atoms with Crippen LogP contribution in [0.2, 0.25) is 0 Å². The van der Waals surface area contributed by atoms with E-state index in [1.807, 2.05) is 36.4 Å². The van der Waals surface area contributed by atoms with Gasteiger partial charge in [-0.3, -0.25) is 19.4 Å². The largest absolute Gasteiger partial charge is 0.497 e. The van der Waals surface area contributed by atoms with Gasteiger partial charge in [0.25, 0.3) is 0 Å². The highest BCUT2D eigenvalue weighted by atomic mass is 16.5. The van der Waals surface area contributed by atoms with Crippen LogP contribution in [-0.4, -0.2) is 48.8 Å². The Morgan fingerprint density at radius 1 is 0.756 bits per heavy atom. The molecule has 1 aliphatic carbocycles. The van der Waals surface area contributed by atoms with E-state index in [4.69, 9.17) is 14.6 Å². The van der Waals surface area contributed by atoms with E-state index in [-0.39, 0.29) is 17.3 Å². The van der Waals surface area contributed by atoms with Crippen molar-refractivity contribution in [2.75, 3.05) is 14.2 Å². The quantitative estimate of drug-likeness (QED) is 0.244. The number of hydrogen-bond acceptors (Lipinski definition) is 7. The molecule has 0 N–H and O–H groups in total. The van der Waals surface area contributed by atoms with Gasteiger partial charge in [-0.25, -0.2) is 0 Å². The number of benzene rings is 4. The molecule has 1 spiro atoms. The number of carbonyl (C=O) groups is 3. The topological polar surface area (TPSA) is 85.3 Å². The minimum atomic E-state index is -1.61. The Bertz CT molecular complexity index is 1710. The lowest BCUT2D eigenvalue weighted by atomic mass is 9.63. The summed E-state index contributed by atoms with van der Waals surface area (Å²) in [6.45, 7) is 0. The van der Waals surface area contributed by atoms with Gasteiger partial charge in [0.2, 0.25) is 0 Å². The highest BCUT2D eigenvalue weighted by molar-refractivity contribution is 6.31. The molecule has 4 aromatic rings. The number of hydrogen-bond donors (Lipinski definition) is 0. The van der Waals surface area contributed by atoms with E-state index < -0.39 is 23.4 Å². The molecule has 202 valence electrons. The van der Waals surface area contributed by atoms with Crippen molar-refractivity contribution in [3.8, 4) is 11.5 Å². The molecule has 7 nitrogen and oxygen atoms in total. The number of carbonyl (C=O) groups excluding carboxylic acids is 3. The SMILES string of the molecule is COc1ccc(C(=O)[C@@H]2[C@@H](c3ccc(OC)cc3)C3(C(=O)c4ccccc4C3=O)[C@@H]3c4ccccc4C=NN23)cc1. The van der Waals surface area contributed by atoms with Gasteiger partial charge in [0.05, 0.1) is 26.5 Å². The van der Waals surface area contributed by atoms with Gasteiger partial charge in [0.15, 0.2) is 17.3 Å². The standard InChI is InChI=1S/C34H26N2O5/c1-40-23-15-11-20(12-16-23)28-29(30(37)21-13-17-24(41-2)18-14-21)36-31(25-8-4-3-7-22(25)19-35-36)34(28)32(38)26-9-5-6-10-27(26)33(34)39/h3-19,28-29,31H,1-2H3/t28-,29+,31+/m1/s1. The van der Waals surface area contributed by atoms with Crippen molar-refractivity contribution in [3.05, 3.63) is 130 Å². The maximum Gasteiger partial charge on any atom is 0.187 e. The van der Waals surface area contributed by atoms with Crippen molar-refractivity contribution >= 4 is 23.6 Å². The van der Waals surface area contributed by atoms with Crippen LogP contribution >= 0.6 is 0 Å². The molecular weight excluding hydrogens is 516 g/mol. The summed E-state index contributed by atoms with van der Waals surface area (Å²) in [5, 5.41) is 6.49. The number of ether oxygens (including phenoxy) is 2. The lowest BCUT2D eigenvalue weighted by molar-refractivity contribution is 0.0586. The predicted octanol–water partition coefficient (Wildman–Crippen LogP) is 5.51. The number of nitrogens with zero attached hydrogens (tertiary/aromatic N) is 2. The molecule has 2 aliphatic heterocycles. The number of fused-ring (bicyclic) bond motifs is 5. The second-order valence-electron chi connectivity index (χ2n) is 10.5. The Labute approximate surface area is 237 Å². The normalized spacial score (nSPS) is 21.4. The smallest absolute Gasteiger partial charge is 0.187 e. The van der Waals surface area contributed by atoms with Crippen molar-refractivity contribution < 1.29 is 23.9 Å². The molecule has 7 heteroatoms. The molecule has 0 aromatic heterocycles. The lowest BCUT2D eigenvalue weighted by Crippen LogP contribution is -2.43. The second kappa shape index (κ2) is 9.27. The fourth-order valence-corrected chi connectivity index (χ4v) is 6.89. The summed E-state index contributed by atoms with van der Waals surface area (Å²) >= 11 is 0. The van der Waals surface area contributed by atoms with E-state index in [1.165, 1.54) is 0 Å². The molecule has 2 heterocycles. The third-order valence-electron chi connectivity index (χ3n) is 8.69. The number of ketones is 3. The molecule has 0 bridgehead atoms. The Morgan fingerprint density at radius 2 is 1.32 bits per heavy atom. The highest BCUT2D eigenvalue weighted by Gasteiger charge is 2.72. The van der Waals surface area contributed by atoms with Crippen molar-refractivity contribution in [2.45, 2.75) is 18.0 Å². The summed E-state index contributed by atoms with van der Waals surface area (Å²) in [7, 11) is 3.14. The first-order chi connectivity index (χ1) is 20.0. The third-order valence-corrected chi connectivity index (χ3v) is 8.69. The third kappa shape index (κ3) is 3.38. The number of methoxy groups -OCH3 is 2. The van der Waals surface area contributed by atoms with Crippen LogP contribution in [0.1, 0.15) is 59.7 Å².